The van der Waals surface area contributed by atoms with E-state index in [1.54, 1.807) is 0 Å². The van der Waals surface area contributed by atoms with Gasteiger partial charge < -0.3 is 0 Å². The molecule has 0 spiro atoms. The zero-order valence-electron chi connectivity index (χ0n) is 6.73. The monoisotopic (exact) mass is 210 g/mol. The highest BCUT2D eigenvalue weighted by Crippen LogP contribution is 2.11. The molecule has 1 aromatic carbocycles. The van der Waals surface area contributed by atoms with E-state index in [4.69, 9.17) is 11.6 Å². The fourth-order valence-corrected chi connectivity index (χ4v) is 1.47. The third kappa shape index (κ3) is 1.27. The van der Waals surface area contributed by atoms with Crippen LogP contribution in [0.3, 0.4) is 0 Å². The normalized spacial score (nSPS) is 13.1. The number of nitro benzene ring substituents is 1. The van der Waals surface area contributed by atoms with E-state index in [0.717, 1.165) is 0 Å². The molecular weight excluding hydrogens is 208 g/mol. The first-order chi connectivity index (χ1) is 6.58. The second-order valence-electron chi connectivity index (χ2n) is 2.71. The summed E-state index contributed by atoms with van der Waals surface area (Å²) in [5, 5.41) is 11.3. The van der Waals surface area contributed by atoms with Crippen molar-refractivity contribution >= 4 is 29.3 Å². The van der Waals surface area contributed by atoms with Crippen LogP contribution >= 0.6 is 11.6 Å². The Kier molecular flexibility index (Phi) is 1.82. The van der Waals surface area contributed by atoms with E-state index >= 15 is 0 Å². The largest absolute Gasteiger partial charge is 0.297 e. The van der Waals surface area contributed by atoms with Gasteiger partial charge in [-0.05, 0) is 6.07 Å². The van der Waals surface area contributed by atoms with Crippen molar-refractivity contribution in [2.45, 2.75) is 0 Å². The molecular formula is C8H3ClN2O3. The van der Waals surface area contributed by atoms with Crippen LogP contribution < -0.4 is 10.6 Å². The van der Waals surface area contributed by atoms with E-state index in [2.05, 4.69) is 4.99 Å². The molecule has 14 heavy (non-hydrogen) atoms. The molecule has 1 heterocycles. The number of non-ortho nitro benzene ring substituents is 1. The fraction of sp³-hybridized carbons (Fsp3) is 0. The summed E-state index contributed by atoms with van der Waals surface area (Å²) in [4.78, 5) is 24.4. The number of hydrogen-bond donors (Lipinski definition) is 0. The quantitative estimate of drug-likeness (QED) is 0.491. The maximum absolute atomic E-state index is 10.9. The van der Waals surface area contributed by atoms with Gasteiger partial charge in [0, 0.05) is 22.4 Å². The highest BCUT2D eigenvalue weighted by Gasteiger charge is 2.16. The Labute approximate surface area is 82.5 Å². The minimum absolute atomic E-state index is 0.0874. The van der Waals surface area contributed by atoms with Crippen molar-refractivity contribution in [3.8, 4) is 0 Å². The summed E-state index contributed by atoms with van der Waals surface area (Å²) in [6, 6.07) is 2.65. The molecule has 0 radical (unpaired) electrons. The Balaban J connectivity index is 2.91. The van der Waals surface area contributed by atoms with Crippen molar-refractivity contribution in [1.82, 2.24) is 0 Å². The lowest BCUT2D eigenvalue weighted by atomic mass is 10.2. The van der Waals surface area contributed by atoms with E-state index in [-0.39, 0.29) is 16.1 Å². The van der Waals surface area contributed by atoms with Gasteiger partial charge in [-0.1, -0.05) is 11.6 Å². The van der Waals surface area contributed by atoms with Gasteiger partial charge in [-0.25, -0.2) is 4.99 Å². The van der Waals surface area contributed by atoms with Crippen molar-refractivity contribution in [2.24, 2.45) is 4.99 Å². The summed E-state index contributed by atoms with van der Waals surface area (Å²) in [5.41, 5.74) is -0.241. The Morgan fingerprint density at radius 2 is 2.14 bits per heavy atom. The second kappa shape index (κ2) is 2.88. The highest BCUT2D eigenvalue weighted by molar-refractivity contribution is 6.30. The molecule has 0 saturated carbocycles. The third-order valence-electron chi connectivity index (χ3n) is 1.78. The summed E-state index contributed by atoms with van der Waals surface area (Å²) in [5.74, 6) is -0.495. The van der Waals surface area contributed by atoms with Gasteiger partial charge in [-0.2, -0.15) is 0 Å². The first-order valence-corrected chi connectivity index (χ1v) is 4.04. The van der Waals surface area contributed by atoms with Crippen LogP contribution in [0.25, 0.3) is 6.08 Å². The van der Waals surface area contributed by atoms with Crippen LogP contribution in [0.5, 0.6) is 0 Å². The summed E-state index contributed by atoms with van der Waals surface area (Å²) in [6.45, 7) is 0. The van der Waals surface area contributed by atoms with Crippen LogP contribution in [0.4, 0.5) is 5.69 Å². The van der Waals surface area contributed by atoms with Crippen molar-refractivity contribution < 1.29 is 9.72 Å². The summed E-state index contributed by atoms with van der Waals surface area (Å²) < 4.78 is 0. The lowest BCUT2D eigenvalue weighted by molar-refractivity contribution is -0.386. The number of carbonyl (C=O) groups is 1. The van der Waals surface area contributed by atoms with Gasteiger partial charge >= 0.3 is 0 Å². The van der Waals surface area contributed by atoms with Crippen molar-refractivity contribution in [3.05, 3.63) is 37.8 Å². The van der Waals surface area contributed by atoms with Gasteiger partial charge in [0.25, 0.3) is 11.6 Å². The number of hydrogen-bond acceptors (Lipinski definition) is 3. The Morgan fingerprint density at radius 1 is 1.43 bits per heavy atom. The average molecular weight is 211 g/mol. The van der Waals surface area contributed by atoms with Crippen LogP contribution in [-0.2, 0) is 4.79 Å². The van der Waals surface area contributed by atoms with E-state index in [9.17, 15) is 14.9 Å². The molecule has 0 saturated heterocycles. The highest BCUT2D eigenvalue weighted by atomic mass is 35.5. The molecule has 0 fully saturated rings. The predicted octanol–water partition coefficient (Wildman–Crippen LogP) is 0.188. The van der Waals surface area contributed by atoms with Crippen LogP contribution in [-0.4, -0.2) is 10.8 Å². The Hall–Kier alpha value is -1.75. The topological polar surface area (TPSA) is 72.6 Å². The Bertz CT molecular complexity index is 565. The van der Waals surface area contributed by atoms with E-state index in [1.165, 1.54) is 18.2 Å². The molecule has 0 atom stereocenters. The van der Waals surface area contributed by atoms with Crippen LogP contribution in [0.15, 0.2) is 17.1 Å². The van der Waals surface area contributed by atoms with Crippen LogP contribution in [0.2, 0.25) is 5.02 Å². The van der Waals surface area contributed by atoms with Crippen LogP contribution in [0, 0.1) is 10.1 Å². The average Bonchev–Trinajstić information content (AvgIpc) is 2.42. The standard InChI is InChI=1S/C8H3ClN2O3/c9-5-1-4-2-7(12)10-8(4)6(3-5)11(13)14/h1-3H. The zero-order valence-corrected chi connectivity index (χ0v) is 7.49. The number of carbonyl (C=O) groups excluding carboxylic acids is 1. The van der Waals surface area contributed by atoms with E-state index in [1.807, 2.05) is 0 Å². The molecule has 5 nitrogen and oxygen atoms in total. The van der Waals surface area contributed by atoms with Crippen molar-refractivity contribution in [2.75, 3.05) is 0 Å². The van der Waals surface area contributed by atoms with Gasteiger partial charge in [0.05, 0.1) is 4.92 Å². The number of benzene rings is 1. The molecule has 6 heteroatoms. The maximum atomic E-state index is 10.9. The number of amides is 1. The number of halogens is 1. The molecule has 0 bridgehead atoms. The minimum atomic E-state index is -0.610. The molecule has 1 aliphatic heterocycles. The van der Waals surface area contributed by atoms with Crippen molar-refractivity contribution in [1.29, 1.82) is 0 Å². The molecule has 70 valence electrons. The predicted molar refractivity (Wildman–Crippen MR) is 48.4 cm³/mol. The van der Waals surface area contributed by atoms with E-state index < -0.39 is 10.8 Å². The molecule has 2 rings (SSSR count). The third-order valence-corrected chi connectivity index (χ3v) is 2.00. The number of rotatable bonds is 1. The molecule has 1 aliphatic rings. The summed E-state index contributed by atoms with van der Waals surface area (Å²) >= 11 is 5.64. The molecule has 0 unspecified atom stereocenters. The fourth-order valence-electron chi connectivity index (χ4n) is 1.25. The van der Waals surface area contributed by atoms with Gasteiger partial charge in [0.1, 0.15) is 0 Å². The zero-order chi connectivity index (χ0) is 10.3. The molecule has 0 aromatic heterocycles. The Morgan fingerprint density at radius 3 is 2.79 bits per heavy atom. The first-order valence-electron chi connectivity index (χ1n) is 3.66. The smallest absolute Gasteiger partial charge is 0.267 e. The van der Waals surface area contributed by atoms with Crippen LogP contribution in [0.1, 0.15) is 0 Å². The minimum Gasteiger partial charge on any atom is -0.267 e. The number of nitro groups is 1. The molecule has 1 aromatic rings. The summed E-state index contributed by atoms with van der Waals surface area (Å²) in [6.07, 6.45) is 1.22. The molecule has 1 amide bonds. The first kappa shape index (κ1) is 8.83. The van der Waals surface area contributed by atoms with Gasteiger partial charge in [0.2, 0.25) is 0 Å². The number of fused-ring (bicyclic) bond motifs is 1. The second-order valence-corrected chi connectivity index (χ2v) is 3.15. The summed E-state index contributed by atoms with van der Waals surface area (Å²) in [7, 11) is 0. The van der Waals surface area contributed by atoms with Gasteiger partial charge in [-0.15, -0.1) is 0 Å². The lowest BCUT2D eigenvalue weighted by Crippen LogP contribution is -2.24. The molecule has 0 N–H and O–H groups in total. The van der Waals surface area contributed by atoms with Gasteiger partial charge in [-0.3, -0.25) is 14.9 Å². The SMILES string of the molecule is O=C1C=c2cc(Cl)cc([N+](=O)[O-])c2=N1. The van der Waals surface area contributed by atoms with Gasteiger partial charge in [0.15, 0.2) is 5.36 Å². The van der Waals surface area contributed by atoms with E-state index in [0.29, 0.717) is 5.22 Å². The molecule has 0 aliphatic carbocycles. The van der Waals surface area contributed by atoms with Crippen molar-refractivity contribution in [3.63, 3.8) is 0 Å². The number of nitrogens with zero attached hydrogens (tertiary/aromatic N) is 2. The maximum Gasteiger partial charge on any atom is 0.297 e. The lowest BCUT2D eigenvalue weighted by Gasteiger charge is -1.91.